The summed E-state index contributed by atoms with van der Waals surface area (Å²) in [5.74, 6) is 1.70. The Labute approximate surface area is 113 Å². The minimum atomic E-state index is 0.0749. The van der Waals surface area contributed by atoms with Crippen molar-refractivity contribution in [2.75, 3.05) is 24.2 Å². The van der Waals surface area contributed by atoms with Crippen molar-refractivity contribution in [1.82, 2.24) is 5.32 Å². The number of para-hydroxylation sites is 1. The van der Waals surface area contributed by atoms with Crippen molar-refractivity contribution in [1.29, 1.82) is 0 Å². The average Bonchev–Trinajstić information content (AvgIpc) is 2.29. The first kappa shape index (κ1) is 13.4. The van der Waals surface area contributed by atoms with Gasteiger partial charge in [0.2, 0.25) is 5.91 Å². The average molecular weight is 264 g/mol. The standard InChI is InChI=1S/C14H20N2OS/c1-3-18-13-7-5-4-6-12(13)16-14(17)10(2)11-8-15-9-11/h4-7,10-11,15H,3,8-9H2,1-2H3,(H,16,17). The van der Waals surface area contributed by atoms with E-state index in [9.17, 15) is 4.79 Å². The van der Waals surface area contributed by atoms with Gasteiger partial charge in [-0.05, 0) is 36.9 Å². The predicted octanol–water partition coefficient (Wildman–Crippen LogP) is 2.59. The molecule has 1 aromatic rings. The van der Waals surface area contributed by atoms with Crippen LogP contribution in [-0.2, 0) is 4.79 Å². The van der Waals surface area contributed by atoms with Gasteiger partial charge in [-0.25, -0.2) is 0 Å². The second kappa shape index (κ2) is 6.25. The molecule has 18 heavy (non-hydrogen) atoms. The number of anilines is 1. The largest absolute Gasteiger partial charge is 0.325 e. The van der Waals surface area contributed by atoms with Crippen LogP contribution in [0.4, 0.5) is 5.69 Å². The second-order valence-corrected chi connectivity index (χ2v) is 5.93. The summed E-state index contributed by atoms with van der Waals surface area (Å²) in [6.45, 7) is 6.04. The zero-order chi connectivity index (χ0) is 13.0. The third-order valence-corrected chi connectivity index (χ3v) is 4.33. The fourth-order valence-corrected chi connectivity index (χ4v) is 2.74. The molecule has 1 heterocycles. The summed E-state index contributed by atoms with van der Waals surface area (Å²) in [5, 5.41) is 6.27. The molecule has 1 saturated heterocycles. The van der Waals surface area contributed by atoms with E-state index < -0.39 is 0 Å². The smallest absolute Gasteiger partial charge is 0.227 e. The normalized spacial score (nSPS) is 17.0. The Balaban J connectivity index is 2.01. The van der Waals surface area contributed by atoms with E-state index in [2.05, 4.69) is 23.6 Å². The van der Waals surface area contributed by atoms with Crippen LogP contribution in [0.25, 0.3) is 0 Å². The molecule has 1 fully saturated rings. The summed E-state index contributed by atoms with van der Waals surface area (Å²) in [6, 6.07) is 8.00. The topological polar surface area (TPSA) is 41.1 Å². The molecule has 1 unspecified atom stereocenters. The van der Waals surface area contributed by atoms with Crippen LogP contribution >= 0.6 is 11.8 Å². The van der Waals surface area contributed by atoms with E-state index in [1.165, 1.54) is 0 Å². The zero-order valence-electron chi connectivity index (χ0n) is 10.9. The van der Waals surface area contributed by atoms with Gasteiger partial charge in [0.05, 0.1) is 5.69 Å². The Morgan fingerprint density at radius 2 is 2.22 bits per heavy atom. The van der Waals surface area contributed by atoms with Crippen LogP contribution in [0.2, 0.25) is 0 Å². The summed E-state index contributed by atoms with van der Waals surface area (Å²) < 4.78 is 0. The fourth-order valence-electron chi connectivity index (χ4n) is 1.98. The molecule has 0 aliphatic carbocycles. The molecule has 0 radical (unpaired) electrons. The summed E-state index contributed by atoms with van der Waals surface area (Å²) in [4.78, 5) is 13.3. The molecule has 0 aromatic heterocycles. The molecule has 0 bridgehead atoms. The lowest BCUT2D eigenvalue weighted by Crippen LogP contribution is -2.48. The number of hydrogen-bond acceptors (Lipinski definition) is 3. The monoisotopic (exact) mass is 264 g/mol. The molecule has 2 N–H and O–H groups in total. The molecule has 1 aliphatic rings. The van der Waals surface area contributed by atoms with Crippen molar-refractivity contribution < 1.29 is 4.79 Å². The van der Waals surface area contributed by atoms with Gasteiger partial charge >= 0.3 is 0 Å². The lowest BCUT2D eigenvalue weighted by Gasteiger charge is -2.31. The van der Waals surface area contributed by atoms with Gasteiger partial charge < -0.3 is 10.6 Å². The second-order valence-electron chi connectivity index (χ2n) is 4.63. The lowest BCUT2D eigenvalue weighted by molar-refractivity contribution is -0.121. The van der Waals surface area contributed by atoms with Crippen LogP contribution < -0.4 is 10.6 Å². The van der Waals surface area contributed by atoms with Crippen LogP contribution in [0.5, 0.6) is 0 Å². The first-order valence-electron chi connectivity index (χ1n) is 6.45. The van der Waals surface area contributed by atoms with Crippen molar-refractivity contribution in [2.45, 2.75) is 18.7 Å². The van der Waals surface area contributed by atoms with Crippen molar-refractivity contribution in [2.24, 2.45) is 11.8 Å². The number of hydrogen-bond donors (Lipinski definition) is 2. The SMILES string of the molecule is CCSc1ccccc1NC(=O)C(C)C1CNC1. The summed E-state index contributed by atoms with van der Waals surface area (Å²) >= 11 is 1.76. The summed E-state index contributed by atoms with van der Waals surface area (Å²) in [5.41, 5.74) is 0.938. The number of carbonyl (C=O) groups is 1. The molecule has 3 nitrogen and oxygen atoms in total. The van der Waals surface area contributed by atoms with E-state index in [4.69, 9.17) is 0 Å². The maximum Gasteiger partial charge on any atom is 0.227 e. The van der Waals surface area contributed by atoms with E-state index in [0.29, 0.717) is 5.92 Å². The number of benzene rings is 1. The number of amides is 1. The minimum Gasteiger partial charge on any atom is -0.325 e. The molecule has 1 aliphatic heterocycles. The molecule has 4 heteroatoms. The number of nitrogens with one attached hydrogen (secondary N) is 2. The predicted molar refractivity (Wildman–Crippen MR) is 77.0 cm³/mol. The van der Waals surface area contributed by atoms with Crippen LogP contribution in [-0.4, -0.2) is 24.7 Å². The summed E-state index contributed by atoms with van der Waals surface area (Å²) in [6.07, 6.45) is 0. The molecule has 0 spiro atoms. The molecule has 2 rings (SSSR count). The highest BCUT2D eigenvalue weighted by atomic mass is 32.2. The maximum atomic E-state index is 12.2. The first-order chi connectivity index (χ1) is 8.72. The quantitative estimate of drug-likeness (QED) is 0.803. The third-order valence-electron chi connectivity index (χ3n) is 3.38. The van der Waals surface area contributed by atoms with Crippen LogP contribution in [0.1, 0.15) is 13.8 Å². The molecule has 1 atom stereocenters. The van der Waals surface area contributed by atoms with Gasteiger partial charge in [0.1, 0.15) is 0 Å². The highest BCUT2D eigenvalue weighted by Crippen LogP contribution is 2.27. The van der Waals surface area contributed by atoms with Gasteiger partial charge in [-0.15, -0.1) is 11.8 Å². The van der Waals surface area contributed by atoms with Crippen molar-refractivity contribution in [3.05, 3.63) is 24.3 Å². The Kier molecular flexibility index (Phi) is 4.66. The highest BCUT2D eigenvalue weighted by molar-refractivity contribution is 7.99. The van der Waals surface area contributed by atoms with Gasteiger partial charge in [0, 0.05) is 10.8 Å². The Hall–Kier alpha value is -1.00. The third kappa shape index (κ3) is 3.06. The molecular weight excluding hydrogens is 244 g/mol. The fraction of sp³-hybridized carbons (Fsp3) is 0.500. The van der Waals surface area contributed by atoms with Gasteiger partial charge in [-0.3, -0.25) is 4.79 Å². The van der Waals surface area contributed by atoms with Gasteiger partial charge in [-0.1, -0.05) is 26.0 Å². The van der Waals surface area contributed by atoms with E-state index in [-0.39, 0.29) is 11.8 Å². The minimum absolute atomic E-state index is 0.0749. The van der Waals surface area contributed by atoms with E-state index in [1.54, 1.807) is 11.8 Å². The van der Waals surface area contributed by atoms with Gasteiger partial charge in [0.15, 0.2) is 0 Å². The van der Waals surface area contributed by atoms with Crippen LogP contribution in [0, 0.1) is 11.8 Å². The Morgan fingerprint density at radius 3 is 2.83 bits per heavy atom. The molecule has 0 saturated carbocycles. The molecule has 1 aromatic carbocycles. The van der Waals surface area contributed by atoms with Crippen molar-refractivity contribution in [3.8, 4) is 0 Å². The maximum absolute atomic E-state index is 12.2. The lowest BCUT2D eigenvalue weighted by atomic mass is 9.88. The van der Waals surface area contributed by atoms with E-state index in [0.717, 1.165) is 29.4 Å². The zero-order valence-corrected chi connectivity index (χ0v) is 11.7. The number of rotatable bonds is 5. The van der Waals surface area contributed by atoms with Crippen LogP contribution in [0.3, 0.4) is 0 Å². The molecular formula is C14H20N2OS. The highest BCUT2D eigenvalue weighted by Gasteiger charge is 2.28. The Morgan fingerprint density at radius 1 is 1.50 bits per heavy atom. The Bertz CT molecular complexity index is 418. The van der Waals surface area contributed by atoms with Crippen molar-refractivity contribution >= 4 is 23.4 Å². The van der Waals surface area contributed by atoms with Gasteiger partial charge in [0.25, 0.3) is 0 Å². The van der Waals surface area contributed by atoms with Gasteiger partial charge in [-0.2, -0.15) is 0 Å². The first-order valence-corrected chi connectivity index (χ1v) is 7.44. The number of thioether (sulfide) groups is 1. The number of carbonyl (C=O) groups excluding carboxylic acids is 1. The molecule has 98 valence electrons. The van der Waals surface area contributed by atoms with Crippen LogP contribution in [0.15, 0.2) is 29.2 Å². The van der Waals surface area contributed by atoms with Crippen molar-refractivity contribution in [3.63, 3.8) is 0 Å². The molecule has 1 amide bonds. The van der Waals surface area contributed by atoms with E-state index >= 15 is 0 Å². The van der Waals surface area contributed by atoms with E-state index in [1.807, 2.05) is 25.1 Å². The summed E-state index contributed by atoms with van der Waals surface area (Å²) in [7, 11) is 0.